The van der Waals surface area contributed by atoms with Crippen molar-refractivity contribution in [3.63, 3.8) is 0 Å². The first kappa shape index (κ1) is 17.1. The van der Waals surface area contributed by atoms with Gasteiger partial charge in [0, 0.05) is 22.9 Å². The number of hydrogen-bond acceptors (Lipinski definition) is 5. The van der Waals surface area contributed by atoms with Gasteiger partial charge in [-0.15, -0.1) is 11.3 Å². The van der Waals surface area contributed by atoms with E-state index in [2.05, 4.69) is 15.4 Å². The van der Waals surface area contributed by atoms with Gasteiger partial charge in [-0.25, -0.2) is 4.98 Å². The third-order valence-electron chi connectivity index (χ3n) is 4.17. The maximum Gasteiger partial charge on any atom is 0.281 e. The summed E-state index contributed by atoms with van der Waals surface area (Å²) in [5.74, 6) is -0.554. The molecule has 0 spiro atoms. The number of fused-ring (bicyclic) bond motifs is 1. The molecule has 0 radical (unpaired) electrons. The van der Waals surface area contributed by atoms with Crippen LogP contribution in [0, 0.1) is 0 Å². The molecule has 6 nitrogen and oxygen atoms in total. The van der Waals surface area contributed by atoms with Crippen molar-refractivity contribution in [2.24, 2.45) is 0 Å². The zero-order valence-electron chi connectivity index (χ0n) is 14.5. The number of amides is 1. The lowest BCUT2D eigenvalue weighted by molar-refractivity contribution is 0.101. The summed E-state index contributed by atoms with van der Waals surface area (Å²) >= 11 is 1.31. The highest BCUT2D eigenvalue weighted by atomic mass is 32.1. The van der Waals surface area contributed by atoms with E-state index in [1.54, 1.807) is 16.8 Å². The van der Waals surface area contributed by atoms with Gasteiger partial charge in [0.1, 0.15) is 0 Å². The molecule has 7 heteroatoms. The lowest BCUT2D eigenvalue weighted by Crippen LogP contribution is -2.27. The fraction of sp³-hybridized carbons (Fsp3) is 0.100. The van der Waals surface area contributed by atoms with Crippen LogP contribution in [-0.2, 0) is 6.54 Å². The average molecular weight is 376 g/mol. The number of benzene rings is 2. The van der Waals surface area contributed by atoms with Crippen LogP contribution in [0.3, 0.4) is 0 Å². The molecule has 0 saturated heterocycles. The zero-order valence-corrected chi connectivity index (χ0v) is 15.4. The Labute approximate surface area is 159 Å². The lowest BCUT2D eigenvalue weighted by Gasteiger charge is -2.09. The van der Waals surface area contributed by atoms with E-state index in [1.807, 2.05) is 54.8 Å². The number of nitrogens with zero attached hydrogens (tertiary/aromatic N) is 3. The van der Waals surface area contributed by atoms with Crippen LogP contribution in [0.5, 0.6) is 0 Å². The minimum absolute atomic E-state index is 0.132. The van der Waals surface area contributed by atoms with E-state index in [-0.39, 0.29) is 11.1 Å². The number of aryl methyl sites for hydroxylation is 1. The van der Waals surface area contributed by atoms with Crippen molar-refractivity contribution in [3.8, 4) is 11.3 Å². The summed E-state index contributed by atoms with van der Waals surface area (Å²) in [5, 5.41) is 9.71. The van der Waals surface area contributed by atoms with Gasteiger partial charge in [0.2, 0.25) is 5.43 Å². The summed E-state index contributed by atoms with van der Waals surface area (Å²) in [7, 11) is 0. The summed E-state index contributed by atoms with van der Waals surface area (Å²) in [6.07, 6.45) is 0. The number of hydrogen-bond donors (Lipinski definition) is 1. The van der Waals surface area contributed by atoms with Crippen molar-refractivity contribution in [3.05, 3.63) is 75.9 Å². The first-order chi connectivity index (χ1) is 13.2. The number of nitrogens with one attached hydrogen (secondary N) is 1. The molecule has 0 aliphatic carbocycles. The van der Waals surface area contributed by atoms with Crippen molar-refractivity contribution >= 4 is 33.3 Å². The van der Waals surface area contributed by atoms with Gasteiger partial charge in [-0.1, -0.05) is 42.5 Å². The predicted molar refractivity (Wildman–Crippen MR) is 107 cm³/mol. The molecule has 0 unspecified atom stereocenters. The Balaban J connectivity index is 1.67. The molecule has 1 N–H and O–H groups in total. The van der Waals surface area contributed by atoms with E-state index >= 15 is 0 Å². The SMILES string of the molecule is CCn1nc(C(=O)Nc2nc(-c3ccccc3)cs2)c(=O)c2ccccc21. The Kier molecular flexibility index (Phi) is 4.52. The van der Waals surface area contributed by atoms with Crippen molar-refractivity contribution in [1.82, 2.24) is 14.8 Å². The van der Waals surface area contributed by atoms with Gasteiger partial charge in [0.25, 0.3) is 5.91 Å². The topological polar surface area (TPSA) is 76.9 Å². The number of para-hydroxylation sites is 1. The molecule has 0 saturated carbocycles. The third kappa shape index (κ3) is 3.24. The van der Waals surface area contributed by atoms with Crippen LogP contribution < -0.4 is 10.7 Å². The largest absolute Gasteiger partial charge is 0.296 e. The lowest BCUT2D eigenvalue weighted by atomic mass is 10.2. The Bertz CT molecular complexity index is 1180. The Hall–Kier alpha value is -3.32. The first-order valence-corrected chi connectivity index (χ1v) is 9.37. The van der Waals surface area contributed by atoms with Gasteiger partial charge in [0.05, 0.1) is 11.2 Å². The smallest absolute Gasteiger partial charge is 0.281 e. The van der Waals surface area contributed by atoms with Crippen LogP contribution in [0.1, 0.15) is 17.4 Å². The van der Waals surface area contributed by atoms with Gasteiger partial charge in [-0.3, -0.25) is 19.6 Å². The van der Waals surface area contributed by atoms with Gasteiger partial charge < -0.3 is 0 Å². The highest BCUT2D eigenvalue weighted by molar-refractivity contribution is 7.14. The molecule has 0 fully saturated rings. The molecule has 2 aromatic heterocycles. The fourth-order valence-electron chi connectivity index (χ4n) is 2.86. The van der Waals surface area contributed by atoms with Crippen LogP contribution in [-0.4, -0.2) is 20.7 Å². The minimum Gasteiger partial charge on any atom is -0.296 e. The van der Waals surface area contributed by atoms with Crippen LogP contribution in [0.2, 0.25) is 0 Å². The predicted octanol–water partition coefficient (Wildman–Crippen LogP) is 3.79. The summed E-state index contributed by atoms with van der Waals surface area (Å²) in [6.45, 7) is 2.47. The number of carbonyl (C=O) groups is 1. The molecule has 1 amide bonds. The fourth-order valence-corrected chi connectivity index (χ4v) is 3.57. The van der Waals surface area contributed by atoms with E-state index in [0.717, 1.165) is 11.3 Å². The molecule has 2 aromatic carbocycles. The summed E-state index contributed by atoms with van der Waals surface area (Å²) in [6, 6.07) is 16.8. The Morgan fingerprint density at radius 1 is 1.11 bits per heavy atom. The second-order valence-electron chi connectivity index (χ2n) is 5.87. The maximum atomic E-state index is 12.7. The minimum atomic E-state index is -0.554. The second-order valence-corrected chi connectivity index (χ2v) is 6.73. The molecule has 4 rings (SSSR count). The maximum absolute atomic E-state index is 12.7. The molecule has 0 aliphatic rings. The van der Waals surface area contributed by atoms with E-state index in [9.17, 15) is 9.59 Å². The monoisotopic (exact) mass is 376 g/mol. The average Bonchev–Trinajstić information content (AvgIpc) is 3.17. The Morgan fingerprint density at radius 2 is 1.85 bits per heavy atom. The Morgan fingerprint density at radius 3 is 2.63 bits per heavy atom. The van der Waals surface area contributed by atoms with Crippen LogP contribution >= 0.6 is 11.3 Å². The second kappa shape index (κ2) is 7.13. The normalized spacial score (nSPS) is 10.9. The number of carbonyl (C=O) groups excluding carboxylic acids is 1. The quantitative estimate of drug-likeness (QED) is 0.588. The van der Waals surface area contributed by atoms with Gasteiger partial charge in [0.15, 0.2) is 10.8 Å². The van der Waals surface area contributed by atoms with Crippen molar-refractivity contribution in [2.75, 3.05) is 5.32 Å². The molecule has 0 atom stereocenters. The number of aromatic nitrogens is 3. The van der Waals surface area contributed by atoms with Crippen LogP contribution in [0.4, 0.5) is 5.13 Å². The molecule has 0 bridgehead atoms. The van der Waals surface area contributed by atoms with Crippen molar-refractivity contribution < 1.29 is 4.79 Å². The molecular weight excluding hydrogens is 360 g/mol. The van der Waals surface area contributed by atoms with Crippen molar-refractivity contribution in [1.29, 1.82) is 0 Å². The van der Waals surface area contributed by atoms with E-state index in [1.165, 1.54) is 11.3 Å². The highest BCUT2D eigenvalue weighted by Gasteiger charge is 2.18. The molecular formula is C20H16N4O2S. The van der Waals surface area contributed by atoms with E-state index in [0.29, 0.717) is 22.6 Å². The first-order valence-electron chi connectivity index (χ1n) is 8.49. The summed E-state index contributed by atoms with van der Waals surface area (Å²) in [4.78, 5) is 29.8. The number of thiazole rings is 1. The standard InChI is InChI=1S/C20H16N4O2S/c1-2-24-16-11-7-6-10-14(16)18(25)17(23-24)19(26)22-20-21-15(12-27-20)13-8-4-3-5-9-13/h3-12H,2H2,1H3,(H,21,22,26). The number of anilines is 1. The zero-order chi connectivity index (χ0) is 18.8. The summed E-state index contributed by atoms with van der Waals surface area (Å²) < 4.78 is 1.66. The number of rotatable bonds is 4. The van der Waals surface area contributed by atoms with Crippen molar-refractivity contribution in [2.45, 2.75) is 13.5 Å². The molecule has 27 heavy (non-hydrogen) atoms. The van der Waals surface area contributed by atoms with Crippen LogP contribution in [0.25, 0.3) is 22.2 Å². The molecule has 4 aromatic rings. The molecule has 0 aliphatic heterocycles. The van der Waals surface area contributed by atoms with E-state index < -0.39 is 5.91 Å². The molecule has 134 valence electrons. The molecule has 2 heterocycles. The van der Waals surface area contributed by atoms with Gasteiger partial charge in [-0.05, 0) is 19.1 Å². The van der Waals surface area contributed by atoms with Gasteiger partial charge in [-0.2, -0.15) is 5.10 Å². The highest BCUT2D eigenvalue weighted by Crippen LogP contribution is 2.24. The van der Waals surface area contributed by atoms with Gasteiger partial charge >= 0.3 is 0 Å². The van der Waals surface area contributed by atoms with Crippen LogP contribution in [0.15, 0.2) is 64.8 Å². The summed E-state index contributed by atoms with van der Waals surface area (Å²) in [5.41, 5.74) is 1.93. The van der Waals surface area contributed by atoms with E-state index in [4.69, 9.17) is 0 Å². The third-order valence-corrected chi connectivity index (χ3v) is 4.93.